The summed E-state index contributed by atoms with van der Waals surface area (Å²) < 4.78 is 25.9. The van der Waals surface area contributed by atoms with Gasteiger partial charge in [-0.1, -0.05) is 12.1 Å². The lowest BCUT2D eigenvalue weighted by atomic mass is 10.3. The molecule has 0 bridgehead atoms. The van der Waals surface area contributed by atoms with E-state index in [0.29, 0.717) is 11.1 Å². The van der Waals surface area contributed by atoms with Gasteiger partial charge in [0.25, 0.3) is 10.3 Å². The maximum atomic E-state index is 10.4. The standard InChI is InChI=1S/C7H5NO3S/c9-12(10)7-8-5-3-1-2-4-6(5)11-7/h1-4,8H. The number of hydrogen-bond acceptors (Lipinski definition) is 3. The smallest absolute Gasteiger partial charge is 0.322 e. The zero-order chi connectivity index (χ0) is 8.55. The Labute approximate surface area is 69.0 Å². The second-order valence-corrected chi connectivity index (χ2v) is 3.09. The Balaban J connectivity index is 3.08. The van der Waals surface area contributed by atoms with Crippen molar-refractivity contribution >= 4 is 21.4 Å². The van der Waals surface area contributed by atoms with Gasteiger partial charge in [-0.25, -0.2) is 0 Å². The molecule has 0 aliphatic carbocycles. The third-order valence-electron chi connectivity index (χ3n) is 1.48. The highest BCUT2D eigenvalue weighted by atomic mass is 32.2. The van der Waals surface area contributed by atoms with Crippen molar-refractivity contribution in [3.63, 3.8) is 0 Å². The number of oxazole rings is 1. The molecule has 0 fully saturated rings. The third-order valence-corrected chi connectivity index (χ3v) is 1.97. The van der Waals surface area contributed by atoms with Crippen LogP contribution in [0.4, 0.5) is 0 Å². The Kier molecular flexibility index (Phi) is 1.51. The molecule has 1 aromatic heterocycles. The van der Waals surface area contributed by atoms with Gasteiger partial charge in [-0.2, -0.15) is 8.42 Å². The molecule has 4 nitrogen and oxygen atoms in total. The first-order valence-electron chi connectivity index (χ1n) is 3.27. The first kappa shape index (κ1) is 7.17. The van der Waals surface area contributed by atoms with Gasteiger partial charge in [0.15, 0.2) is 5.58 Å². The highest BCUT2D eigenvalue weighted by molar-refractivity contribution is 7.63. The van der Waals surface area contributed by atoms with E-state index in [1.165, 1.54) is 0 Å². The summed E-state index contributed by atoms with van der Waals surface area (Å²) in [6.07, 6.45) is 0. The quantitative estimate of drug-likeness (QED) is 0.623. The molecule has 0 unspecified atom stereocenters. The fraction of sp³-hybridized carbons (Fsp3) is 0. The lowest BCUT2D eigenvalue weighted by molar-refractivity contribution is 0.563. The predicted octanol–water partition coefficient (Wildman–Crippen LogP) is 1.17. The van der Waals surface area contributed by atoms with Crippen molar-refractivity contribution in [2.75, 3.05) is 0 Å². The van der Waals surface area contributed by atoms with Crippen molar-refractivity contribution in [3.05, 3.63) is 29.1 Å². The topological polar surface area (TPSA) is 63.1 Å². The summed E-state index contributed by atoms with van der Waals surface area (Å²) in [5, 5.41) is 0. The molecule has 1 aromatic carbocycles. The molecule has 5 heteroatoms. The number of fused-ring (bicyclic) bond motifs is 1. The van der Waals surface area contributed by atoms with E-state index in [4.69, 9.17) is 4.42 Å². The summed E-state index contributed by atoms with van der Waals surface area (Å²) in [6.45, 7) is 0. The molecule has 0 atom stereocenters. The van der Waals surface area contributed by atoms with Crippen LogP contribution in [0.25, 0.3) is 11.1 Å². The van der Waals surface area contributed by atoms with Gasteiger partial charge in [0.05, 0.1) is 5.52 Å². The van der Waals surface area contributed by atoms with Crippen LogP contribution in [-0.4, -0.2) is 13.4 Å². The number of benzene rings is 1. The molecule has 0 radical (unpaired) electrons. The van der Waals surface area contributed by atoms with E-state index >= 15 is 0 Å². The SMILES string of the molecule is O=S(=O)=c1[nH]c2ccccc2o1. The Bertz CT molecular complexity index is 532. The number of aromatic nitrogens is 1. The number of nitrogens with one attached hydrogen (secondary N) is 1. The highest BCUT2D eigenvalue weighted by Crippen LogP contribution is 2.10. The molecule has 0 aliphatic heterocycles. The first-order chi connectivity index (χ1) is 5.77. The van der Waals surface area contributed by atoms with Crippen molar-refractivity contribution < 1.29 is 12.8 Å². The van der Waals surface area contributed by atoms with Gasteiger partial charge < -0.3 is 9.40 Å². The maximum Gasteiger partial charge on any atom is 0.322 e. The van der Waals surface area contributed by atoms with Crippen molar-refractivity contribution in [3.8, 4) is 0 Å². The molecule has 2 aromatic rings. The lowest BCUT2D eigenvalue weighted by Crippen LogP contribution is -1.65. The van der Waals surface area contributed by atoms with Crippen molar-refractivity contribution in [2.45, 2.75) is 0 Å². The van der Waals surface area contributed by atoms with Gasteiger partial charge in [-0.3, -0.25) is 0 Å². The van der Waals surface area contributed by atoms with Gasteiger partial charge >= 0.3 is 4.84 Å². The van der Waals surface area contributed by atoms with E-state index in [1.54, 1.807) is 24.3 Å². The minimum absolute atomic E-state index is 0.142. The summed E-state index contributed by atoms with van der Waals surface area (Å²) in [7, 11) is -2.33. The van der Waals surface area contributed by atoms with E-state index in [-0.39, 0.29) is 4.84 Å². The van der Waals surface area contributed by atoms with E-state index in [2.05, 4.69) is 4.98 Å². The number of hydrogen-bond donors (Lipinski definition) is 1. The van der Waals surface area contributed by atoms with Crippen LogP contribution in [0.5, 0.6) is 0 Å². The zero-order valence-corrected chi connectivity index (χ0v) is 6.76. The van der Waals surface area contributed by atoms with E-state index in [0.717, 1.165) is 0 Å². The van der Waals surface area contributed by atoms with Gasteiger partial charge in [-0.05, 0) is 12.1 Å². The minimum Gasteiger partial charge on any atom is -0.426 e. The Morgan fingerprint density at radius 2 is 2.00 bits per heavy atom. The number of para-hydroxylation sites is 2. The van der Waals surface area contributed by atoms with E-state index in [1.807, 2.05) is 0 Å². The zero-order valence-electron chi connectivity index (χ0n) is 5.94. The molecule has 0 amide bonds. The molecule has 12 heavy (non-hydrogen) atoms. The van der Waals surface area contributed by atoms with E-state index in [9.17, 15) is 8.42 Å². The monoisotopic (exact) mass is 183 g/mol. The van der Waals surface area contributed by atoms with Crippen LogP contribution in [0.2, 0.25) is 0 Å². The van der Waals surface area contributed by atoms with Crippen molar-refractivity contribution in [1.82, 2.24) is 4.98 Å². The summed E-state index contributed by atoms with van der Waals surface area (Å²) in [4.78, 5) is 2.47. The molecule has 0 saturated heterocycles. The fourth-order valence-corrected chi connectivity index (χ4v) is 1.32. The summed E-state index contributed by atoms with van der Waals surface area (Å²) in [5.74, 6) is 0. The molecule has 62 valence electrons. The van der Waals surface area contributed by atoms with Crippen molar-refractivity contribution in [1.29, 1.82) is 0 Å². The maximum absolute atomic E-state index is 10.4. The number of aromatic amines is 1. The van der Waals surface area contributed by atoms with Crippen molar-refractivity contribution in [2.24, 2.45) is 0 Å². The third kappa shape index (κ3) is 1.04. The van der Waals surface area contributed by atoms with Gasteiger partial charge in [0.1, 0.15) is 0 Å². The van der Waals surface area contributed by atoms with Crippen LogP contribution in [0.1, 0.15) is 0 Å². The average molecular weight is 183 g/mol. The highest BCUT2D eigenvalue weighted by Gasteiger charge is 1.96. The summed E-state index contributed by atoms with van der Waals surface area (Å²) >= 11 is 0. The van der Waals surface area contributed by atoms with Crippen LogP contribution in [-0.2, 0) is 10.3 Å². The van der Waals surface area contributed by atoms with E-state index < -0.39 is 10.3 Å². The molecular weight excluding hydrogens is 178 g/mol. The van der Waals surface area contributed by atoms with Crippen LogP contribution in [0.15, 0.2) is 28.7 Å². The second-order valence-electron chi connectivity index (χ2n) is 2.25. The molecule has 1 heterocycles. The Morgan fingerprint density at radius 3 is 2.67 bits per heavy atom. The van der Waals surface area contributed by atoms with Gasteiger partial charge in [-0.15, -0.1) is 0 Å². The number of H-pyrrole nitrogens is 1. The Hall–Kier alpha value is -1.49. The van der Waals surface area contributed by atoms with Gasteiger partial charge in [0, 0.05) is 0 Å². The van der Waals surface area contributed by atoms with Crippen LogP contribution < -0.4 is 0 Å². The fourth-order valence-electron chi connectivity index (χ4n) is 0.970. The molecule has 0 spiro atoms. The second kappa shape index (κ2) is 2.53. The summed E-state index contributed by atoms with van der Waals surface area (Å²) in [6, 6.07) is 7.01. The van der Waals surface area contributed by atoms with Crippen LogP contribution in [0.3, 0.4) is 0 Å². The predicted molar refractivity (Wildman–Crippen MR) is 42.7 cm³/mol. The normalized spacial score (nSPS) is 10.3. The molecular formula is C7H5NO3S. The summed E-state index contributed by atoms with van der Waals surface area (Å²) in [5.41, 5.74) is 1.22. The largest absolute Gasteiger partial charge is 0.426 e. The minimum atomic E-state index is -2.33. The Morgan fingerprint density at radius 1 is 1.25 bits per heavy atom. The van der Waals surface area contributed by atoms with Gasteiger partial charge in [0.2, 0.25) is 0 Å². The first-order valence-corrected chi connectivity index (χ1v) is 4.35. The molecule has 0 saturated carbocycles. The number of rotatable bonds is 0. The average Bonchev–Trinajstić information content (AvgIpc) is 2.46. The molecule has 1 N–H and O–H groups in total. The molecule has 2 rings (SSSR count). The van der Waals surface area contributed by atoms with Crippen LogP contribution in [0, 0.1) is 4.84 Å². The van der Waals surface area contributed by atoms with Crippen LogP contribution >= 0.6 is 0 Å². The lowest BCUT2D eigenvalue weighted by Gasteiger charge is -1.80. The molecule has 0 aliphatic rings.